The summed E-state index contributed by atoms with van der Waals surface area (Å²) in [4.78, 5) is 19.0. The smallest absolute Gasteiger partial charge is 0.268 e. The fourth-order valence-corrected chi connectivity index (χ4v) is 2.27. The summed E-state index contributed by atoms with van der Waals surface area (Å²) < 4.78 is 0.219. The monoisotopic (exact) mass is 360 g/mol. The molecule has 6 heteroatoms. The predicted molar refractivity (Wildman–Crippen MR) is 75.2 cm³/mol. The first-order chi connectivity index (χ1) is 8.16. The number of nitrogens with zero attached hydrogens (tertiary/aromatic N) is 1. The Labute approximate surface area is 116 Å². The van der Waals surface area contributed by atoms with Crippen LogP contribution in [0.1, 0.15) is 5.82 Å². The number of halogens is 1. The largest absolute Gasteiger partial charge is 0.492 e. The molecule has 0 aliphatic rings. The molecule has 1 aromatic carbocycles. The van der Waals surface area contributed by atoms with Gasteiger partial charge in [-0.25, -0.2) is 0 Å². The molecule has 0 saturated carbocycles. The molecule has 0 radical (unpaired) electrons. The molecule has 0 atom stereocenters. The van der Waals surface area contributed by atoms with Gasteiger partial charge in [-0.1, -0.05) is 18.2 Å². The summed E-state index contributed by atoms with van der Waals surface area (Å²) >= 11 is 3.31. The van der Waals surface area contributed by atoms with Gasteiger partial charge in [-0.15, -0.1) is 11.8 Å². The average molecular weight is 360 g/mol. The first-order valence-corrected chi connectivity index (χ1v) is 6.89. The second kappa shape index (κ2) is 5.54. The van der Waals surface area contributed by atoms with Crippen LogP contribution < -0.4 is 5.56 Å². The first-order valence-electron chi connectivity index (χ1n) is 4.82. The quantitative estimate of drug-likeness (QED) is 0.652. The Morgan fingerprint density at radius 1 is 1.35 bits per heavy atom. The summed E-state index contributed by atoms with van der Waals surface area (Å²) in [7, 11) is 0. The topological polar surface area (TPSA) is 66.0 Å². The van der Waals surface area contributed by atoms with Crippen LogP contribution in [0.3, 0.4) is 0 Å². The summed E-state index contributed by atoms with van der Waals surface area (Å²) in [5.74, 6) is 0.781. The lowest BCUT2D eigenvalue weighted by Crippen LogP contribution is -2.13. The second-order valence-corrected chi connectivity index (χ2v) is 5.38. The maximum Gasteiger partial charge on any atom is 0.268 e. The number of aromatic hydroxyl groups is 1. The van der Waals surface area contributed by atoms with Gasteiger partial charge >= 0.3 is 0 Å². The molecule has 88 valence electrons. The zero-order valence-corrected chi connectivity index (χ0v) is 11.7. The van der Waals surface area contributed by atoms with Crippen LogP contribution in [0.25, 0.3) is 0 Å². The summed E-state index contributed by atoms with van der Waals surface area (Å²) in [5, 5.41) is 9.43. The van der Waals surface area contributed by atoms with E-state index in [0.29, 0.717) is 11.6 Å². The van der Waals surface area contributed by atoms with E-state index < -0.39 is 0 Å². The van der Waals surface area contributed by atoms with Gasteiger partial charge in [0.25, 0.3) is 5.56 Å². The molecule has 0 bridgehead atoms. The molecular formula is C11H9IN2O2S. The molecule has 1 aromatic heterocycles. The summed E-state index contributed by atoms with van der Waals surface area (Å²) in [5.41, 5.74) is -0.304. The van der Waals surface area contributed by atoms with E-state index in [1.54, 1.807) is 34.4 Å². The maximum absolute atomic E-state index is 11.4. The SMILES string of the molecule is O=c1[nH]c(CSc2ccccc2)nc(O)c1I. The Morgan fingerprint density at radius 3 is 2.71 bits per heavy atom. The second-order valence-electron chi connectivity index (χ2n) is 3.25. The molecular weight excluding hydrogens is 351 g/mol. The molecule has 2 rings (SSSR count). The number of thioether (sulfide) groups is 1. The molecule has 0 aliphatic heterocycles. The van der Waals surface area contributed by atoms with Crippen LogP contribution in [0, 0.1) is 3.57 Å². The van der Waals surface area contributed by atoms with Crippen molar-refractivity contribution < 1.29 is 5.11 Å². The van der Waals surface area contributed by atoms with Crippen molar-refractivity contribution in [1.29, 1.82) is 0 Å². The number of aromatic amines is 1. The van der Waals surface area contributed by atoms with Crippen LogP contribution in [-0.2, 0) is 5.75 Å². The van der Waals surface area contributed by atoms with E-state index in [1.807, 2.05) is 30.3 Å². The van der Waals surface area contributed by atoms with Gasteiger partial charge in [-0.2, -0.15) is 4.98 Å². The highest BCUT2D eigenvalue weighted by molar-refractivity contribution is 14.1. The van der Waals surface area contributed by atoms with E-state index >= 15 is 0 Å². The van der Waals surface area contributed by atoms with Crippen molar-refractivity contribution in [3.05, 3.63) is 50.1 Å². The van der Waals surface area contributed by atoms with E-state index in [2.05, 4.69) is 9.97 Å². The van der Waals surface area contributed by atoms with E-state index in [4.69, 9.17) is 0 Å². The van der Waals surface area contributed by atoms with Gasteiger partial charge in [-0.05, 0) is 34.7 Å². The van der Waals surface area contributed by atoms with Gasteiger partial charge in [0, 0.05) is 4.90 Å². The lowest BCUT2D eigenvalue weighted by molar-refractivity contribution is 0.444. The number of hydrogen-bond acceptors (Lipinski definition) is 4. The zero-order chi connectivity index (χ0) is 12.3. The van der Waals surface area contributed by atoms with E-state index in [0.717, 1.165) is 4.90 Å². The highest BCUT2D eigenvalue weighted by Crippen LogP contribution is 2.21. The molecule has 1 heterocycles. The minimum absolute atomic E-state index is 0.210. The molecule has 0 fully saturated rings. The lowest BCUT2D eigenvalue weighted by Gasteiger charge is -2.02. The number of rotatable bonds is 3. The van der Waals surface area contributed by atoms with Gasteiger partial charge in [0.1, 0.15) is 9.39 Å². The van der Waals surface area contributed by atoms with Crippen LogP contribution in [0.5, 0.6) is 5.88 Å². The predicted octanol–water partition coefficient (Wildman–Crippen LogP) is 2.37. The van der Waals surface area contributed by atoms with Crippen LogP contribution in [0.4, 0.5) is 0 Å². The van der Waals surface area contributed by atoms with Crippen molar-refractivity contribution in [1.82, 2.24) is 9.97 Å². The van der Waals surface area contributed by atoms with Crippen molar-refractivity contribution in [2.75, 3.05) is 0 Å². The van der Waals surface area contributed by atoms with Gasteiger partial charge < -0.3 is 10.1 Å². The third-order valence-corrected chi connectivity index (χ3v) is 4.01. The van der Waals surface area contributed by atoms with Gasteiger partial charge in [-0.3, -0.25) is 4.79 Å². The molecule has 0 unspecified atom stereocenters. The Bertz CT molecular complexity index is 571. The molecule has 2 aromatic rings. The summed E-state index contributed by atoms with van der Waals surface area (Å²) in [6.07, 6.45) is 0. The van der Waals surface area contributed by atoms with Gasteiger partial charge in [0.15, 0.2) is 0 Å². The number of aromatic nitrogens is 2. The molecule has 17 heavy (non-hydrogen) atoms. The Morgan fingerprint density at radius 2 is 2.06 bits per heavy atom. The van der Waals surface area contributed by atoms with Crippen LogP contribution in [0.2, 0.25) is 0 Å². The summed E-state index contributed by atoms with van der Waals surface area (Å²) in [6, 6.07) is 9.80. The zero-order valence-electron chi connectivity index (χ0n) is 8.68. The molecule has 0 saturated heterocycles. The van der Waals surface area contributed by atoms with Crippen molar-refractivity contribution in [2.24, 2.45) is 0 Å². The Balaban J connectivity index is 2.13. The Kier molecular flexibility index (Phi) is 4.06. The van der Waals surface area contributed by atoms with Gasteiger partial charge in [0.05, 0.1) is 5.75 Å². The van der Waals surface area contributed by atoms with Crippen LogP contribution in [0.15, 0.2) is 40.0 Å². The molecule has 0 spiro atoms. The molecule has 4 nitrogen and oxygen atoms in total. The van der Waals surface area contributed by atoms with Crippen molar-refractivity contribution in [2.45, 2.75) is 10.6 Å². The van der Waals surface area contributed by atoms with Crippen molar-refractivity contribution >= 4 is 34.4 Å². The van der Waals surface area contributed by atoms with Crippen molar-refractivity contribution in [3.8, 4) is 5.88 Å². The highest BCUT2D eigenvalue weighted by Gasteiger charge is 2.07. The normalized spacial score (nSPS) is 10.4. The number of hydrogen-bond donors (Lipinski definition) is 2. The fourth-order valence-electron chi connectivity index (χ4n) is 1.23. The Hall–Kier alpha value is -1.02. The highest BCUT2D eigenvalue weighted by atomic mass is 127. The van der Waals surface area contributed by atoms with E-state index in [1.165, 1.54) is 0 Å². The number of nitrogens with one attached hydrogen (secondary N) is 1. The molecule has 2 N–H and O–H groups in total. The van der Waals surface area contributed by atoms with E-state index in [-0.39, 0.29) is 15.0 Å². The minimum Gasteiger partial charge on any atom is -0.492 e. The minimum atomic E-state index is -0.304. The summed E-state index contributed by atoms with van der Waals surface area (Å²) in [6.45, 7) is 0. The van der Waals surface area contributed by atoms with Crippen LogP contribution in [-0.4, -0.2) is 15.1 Å². The van der Waals surface area contributed by atoms with Crippen molar-refractivity contribution in [3.63, 3.8) is 0 Å². The average Bonchev–Trinajstić information content (AvgIpc) is 2.34. The standard InChI is InChI=1S/C11H9IN2O2S/c12-9-10(15)13-8(14-11(9)16)6-17-7-4-2-1-3-5-7/h1-5H,6H2,(H2,13,14,15,16). The van der Waals surface area contributed by atoms with E-state index in [9.17, 15) is 9.90 Å². The molecule has 0 aliphatic carbocycles. The van der Waals surface area contributed by atoms with Gasteiger partial charge in [0.2, 0.25) is 5.88 Å². The third kappa shape index (κ3) is 3.22. The fraction of sp³-hybridized carbons (Fsp3) is 0.0909. The molecule has 0 amide bonds. The third-order valence-electron chi connectivity index (χ3n) is 2.01. The first kappa shape index (κ1) is 12.4. The van der Waals surface area contributed by atoms with Crippen LogP contribution >= 0.6 is 34.4 Å². The number of benzene rings is 1. The number of H-pyrrole nitrogens is 1. The maximum atomic E-state index is 11.4. The lowest BCUT2D eigenvalue weighted by atomic mass is 10.4.